The predicted molar refractivity (Wildman–Crippen MR) is 83.4 cm³/mol. The average molecular weight is 331 g/mol. The van der Waals surface area contributed by atoms with Gasteiger partial charge in [-0.25, -0.2) is 4.98 Å². The largest absolute Gasteiger partial charge is 0.358 e. The standard InChI is InChI=1S/C12H15BrN2S2/c1-3-16-7-8(2)14-12-15-10-5-4-9(13)6-11(10)17-12/h4-6,8H,3,7H2,1-2H3,(H,14,15). The Hall–Kier alpha value is -0.260. The number of fused-ring (bicyclic) bond motifs is 1. The van der Waals surface area contributed by atoms with Crippen LogP contribution in [0.5, 0.6) is 0 Å². The molecule has 2 nitrogen and oxygen atoms in total. The normalized spacial score (nSPS) is 12.9. The summed E-state index contributed by atoms with van der Waals surface area (Å²) in [4.78, 5) is 4.58. The zero-order chi connectivity index (χ0) is 12.3. The lowest BCUT2D eigenvalue weighted by Crippen LogP contribution is -2.17. The summed E-state index contributed by atoms with van der Waals surface area (Å²) >= 11 is 7.15. The van der Waals surface area contributed by atoms with Crippen LogP contribution in [-0.2, 0) is 0 Å². The van der Waals surface area contributed by atoms with Gasteiger partial charge in [-0.1, -0.05) is 34.2 Å². The van der Waals surface area contributed by atoms with Gasteiger partial charge in [-0.3, -0.25) is 0 Å². The Bertz CT molecular complexity index is 498. The number of benzene rings is 1. The minimum absolute atomic E-state index is 0.462. The molecule has 17 heavy (non-hydrogen) atoms. The quantitative estimate of drug-likeness (QED) is 0.866. The zero-order valence-corrected chi connectivity index (χ0v) is 13.1. The molecule has 2 aromatic rings. The number of nitrogens with zero attached hydrogens (tertiary/aromatic N) is 1. The molecule has 1 N–H and O–H groups in total. The number of rotatable bonds is 5. The summed E-state index contributed by atoms with van der Waals surface area (Å²) in [5.41, 5.74) is 1.07. The maximum absolute atomic E-state index is 4.58. The van der Waals surface area contributed by atoms with Crippen molar-refractivity contribution < 1.29 is 0 Å². The molecular weight excluding hydrogens is 316 g/mol. The summed E-state index contributed by atoms with van der Waals surface area (Å²) < 4.78 is 2.33. The minimum Gasteiger partial charge on any atom is -0.358 e. The lowest BCUT2D eigenvalue weighted by molar-refractivity contribution is 0.911. The van der Waals surface area contributed by atoms with E-state index in [0.29, 0.717) is 6.04 Å². The number of hydrogen-bond donors (Lipinski definition) is 1. The molecule has 1 heterocycles. The molecular formula is C12H15BrN2S2. The van der Waals surface area contributed by atoms with Crippen LogP contribution in [0, 0.1) is 0 Å². The minimum atomic E-state index is 0.462. The molecule has 0 aliphatic carbocycles. The topological polar surface area (TPSA) is 24.9 Å². The molecule has 0 saturated heterocycles. The van der Waals surface area contributed by atoms with Gasteiger partial charge in [0, 0.05) is 16.3 Å². The Balaban J connectivity index is 2.08. The van der Waals surface area contributed by atoms with E-state index in [1.54, 1.807) is 11.3 Å². The van der Waals surface area contributed by atoms with Crippen molar-refractivity contribution in [3.63, 3.8) is 0 Å². The molecule has 1 atom stereocenters. The first-order valence-corrected chi connectivity index (χ1v) is 8.36. The lowest BCUT2D eigenvalue weighted by Gasteiger charge is -2.11. The number of thioether (sulfide) groups is 1. The Kier molecular flexibility index (Phi) is 4.70. The molecule has 0 aliphatic rings. The van der Waals surface area contributed by atoms with E-state index < -0.39 is 0 Å². The van der Waals surface area contributed by atoms with Crippen LogP contribution in [0.25, 0.3) is 10.2 Å². The number of halogens is 1. The fourth-order valence-electron chi connectivity index (χ4n) is 1.51. The first kappa shape index (κ1) is 13.2. The highest BCUT2D eigenvalue weighted by Crippen LogP contribution is 2.28. The van der Waals surface area contributed by atoms with Crippen LogP contribution in [0.1, 0.15) is 13.8 Å². The second-order valence-corrected chi connectivity index (χ2v) is 7.10. The Morgan fingerprint density at radius 1 is 1.53 bits per heavy atom. The second-order valence-electron chi connectivity index (χ2n) is 3.84. The molecule has 0 saturated carbocycles. The molecule has 1 unspecified atom stereocenters. The van der Waals surface area contributed by atoms with Gasteiger partial charge in [-0.05, 0) is 30.9 Å². The molecule has 0 spiro atoms. The van der Waals surface area contributed by atoms with Crippen LogP contribution in [0.4, 0.5) is 5.13 Å². The zero-order valence-electron chi connectivity index (χ0n) is 9.87. The fraction of sp³-hybridized carbons (Fsp3) is 0.417. The van der Waals surface area contributed by atoms with E-state index in [4.69, 9.17) is 0 Å². The third-order valence-electron chi connectivity index (χ3n) is 2.29. The molecule has 0 bridgehead atoms. The highest BCUT2D eigenvalue weighted by Gasteiger charge is 2.07. The van der Waals surface area contributed by atoms with Gasteiger partial charge in [0.1, 0.15) is 0 Å². The van der Waals surface area contributed by atoms with Crippen molar-refractivity contribution >= 4 is 54.4 Å². The monoisotopic (exact) mass is 330 g/mol. The summed E-state index contributed by atoms with van der Waals surface area (Å²) in [6, 6.07) is 6.65. The van der Waals surface area contributed by atoms with E-state index in [9.17, 15) is 0 Å². The lowest BCUT2D eigenvalue weighted by atomic mass is 10.3. The van der Waals surface area contributed by atoms with Gasteiger partial charge in [0.25, 0.3) is 0 Å². The molecule has 0 amide bonds. The molecule has 1 aromatic carbocycles. The van der Waals surface area contributed by atoms with Crippen LogP contribution in [-0.4, -0.2) is 22.5 Å². The first-order valence-electron chi connectivity index (χ1n) is 5.59. The first-order chi connectivity index (χ1) is 8.19. The van der Waals surface area contributed by atoms with Crippen molar-refractivity contribution in [2.24, 2.45) is 0 Å². The van der Waals surface area contributed by atoms with E-state index in [1.165, 1.54) is 10.5 Å². The summed E-state index contributed by atoms with van der Waals surface area (Å²) in [6.45, 7) is 4.39. The van der Waals surface area contributed by atoms with Crippen molar-refractivity contribution in [3.05, 3.63) is 22.7 Å². The smallest absolute Gasteiger partial charge is 0.184 e. The van der Waals surface area contributed by atoms with Crippen molar-refractivity contribution in [1.82, 2.24) is 4.98 Å². The summed E-state index contributed by atoms with van der Waals surface area (Å²) in [5.74, 6) is 2.29. The van der Waals surface area contributed by atoms with E-state index in [2.05, 4.69) is 46.1 Å². The number of hydrogen-bond acceptors (Lipinski definition) is 4. The Morgan fingerprint density at radius 3 is 3.12 bits per heavy atom. The van der Waals surface area contributed by atoms with Crippen molar-refractivity contribution in [2.75, 3.05) is 16.8 Å². The molecule has 92 valence electrons. The molecule has 0 radical (unpaired) electrons. The number of anilines is 1. The second kappa shape index (κ2) is 6.07. The fourth-order valence-corrected chi connectivity index (χ4v) is 3.71. The Labute approximate surface area is 118 Å². The summed E-state index contributed by atoms with van der Waals surface area (Å²) in [5, 5.41) is 4.47. The van der Waals surface area contributed by atoms with Gasteiger partial charge in [0.05, 0.1) is 10.2 Å². The molecule has 1 aromatic heterocycles. The maximum atomic E-state index is 4.58. The van der Waals surface area contributed by atoms with Gasteiger partial charge in [0.2, 0.25) is 0 Å². The van der Waals surface area contributed by atoms with E-state index >= 15 is 0 Å². The van der Waals surface area contributed by atoms with Crippen molar-refractivity contribution in [1.29, 1.82) is 0 Å². The number of nitrogens with one attached hydrogen (secondary N) is 1. The maximum Gasteiger partial charge on any atom is 0.184 e. The van der Waals surface area contributed by atoms with Gasteiger partial charge >= 0.3 is 0 Å². The van der Waals surface area contributed by atoms with Crippen molar-refractivity contribution in [3.8, 4) is 0 Å². The van der Waals surface area contributed by atoms with E-state index in [0.717, 1.165) is 20.9 Å². The number of thiazole rings is 1. The highest BCUT2D eigenvalue weighted by atomic mass is 79.9. The van der Waals surface area contributed by atoms with Crippen LogP contribution < -0.4 is 5.32 Å². The van der Waals surface area contributed by atoms with Crippen LogP contribution >= 0.6 is 39.0 Å². The third-order valence-corrected chi connectivity index (χ3v) is 4.88. The summed E-state index contributed by atoms with van der Waals surface area (Å²) in [7, 11) is 0. The van der Waals surface area contributed by atoms with Gasteiger partial charge in [-0.15, -0.1) is 0 Å². The van der Waals surface area contributed by atoms with Crippen LogP contribution in [0.3, 0.4) is 0 Å². The predicted octanol–water partition coefficient (Wildman–Crippen LogP) is 4.61. The molecule has 0 aliphatic heterocycles. The van der Waals surface area contributed by atoms with E-state index in [1.807, 2.05) is 23.9 Å². The van der Waals surface area contributed by atoms with Crippen LogP contribution in [0.15, 0.2) is 22.7 Å². The molecule has 0 fully saturated rings. The van der Waals surface area contributed by atoms with Gasteiger partial charge in [0.15, 0.2) is 5.13 Å². The van der Waals surface area contributed by atoms with Crippen LogP contribution in [0.2, 0.25) is 0 Å². The number of aromatic nitrogens is 1. The highest BCUT2D eigenvalue weighted by molar-refractivity contribution is 9.10. The van der Waals surface area contributed by atoms with Gasteiger partial charge < -0.3 is 5.32 Å². The van der Waals surface area contributed by atoms with Gasteiger partial charge in [-0.2, -0.15) is 11.8 Å². The van der Waals surface area contributed by atoms with Crippen molar-refractivity contribution in [2.45, 2.75) is 19.9 Å². The average Bonchev–Trinajstić information content (AvgIpc) is 2.67. The Morgan fingerprint density at radius 2 is 2.35 bits per heavy atom. The molecule has 2 rings (SSSR count). The summed E-state index contributed by atoms with van der Waals surface area (Å²) in [6.07, 6.45) is 0. The SMILES string of the molecule is CCSCC(C)Nc1nc2ccc(Br)cc2s1. The van der Waals surface area contributed by atoms with E-state index in [-0.39, 0.29) is 0 Å². The third kappa shape index (κ3) is 3.60. The molecule has 5 heteroatoms.